The van der Waals surface area contributed by atoms with Crippen LogP contribution in [0.25, 0.3) is 0 Å². The fourth-order valence-corrected chi connectivity index (χ4v) is 3.04. The van der Waals surface area contributed by atoms with Gasteiger partial charge in [0, 0.05) is 4.47 Å². The van der Waals surface area contributed by atoms with Gasteiger partial charge in [0.05, 0.1) is 18.2 Å². The summed E-state index contributed by atoms with van der Waals surface area (Å²) >= 11 is 3.43. The third-order valence-corrected chi connectivity index (χ3v) is 4.62. The van der Waals surface area contributed by atoms with E-state index in [-0.39, 0.29) is 11.3 Å². The Bertz CT molecular complexity index is 485. The predicted molar refractivity (Wildman–Crippen MR) is 84.2 cm³/mol. The third-order valence-electron chi connectivity index (χ3n) is 4.13. The molecule has 1 aliphatic heterocycles. The first-order valence-corrected chi connectivity index (χ1v) is 7.76. The first kappa shape index (κ1) is 15.3. The van der Waals surface area contributed by atoms with Crippen LogP contribution in [0.5, 0.6) is 5.75 Å². The lowest BCUT2D eigenvalue weighted by molar-refractivity contribution is -0.127. The number of hydrogen-bond donors (Lipinski definition) is 2. The van der Waals surface area contributed by atoms with Crippen molar-refractivity contribution < 1.29 is 9.53 Å². The second kappa shape index (κ2) is 6.59. The molecule has 0 aliphatic carbocycles. The van der Waals surface area contributed by atoms with Gasteiger partial charge in [-0.25, -0.2) is 0 Å². The van der Waals surface area contributed by atoms with Crippen molar-refractivity contribution in [3.8, 4) is 5.75 Å². The van der Waals surface area contributed by atoms with Gasteiger partial charge in [0.1, 0.15) is 5.75 Å². The van der Waals surface area contributed by atoms with Crippen LogP contribution >= 0.6 is 15.9 Å². The minimum absolute atomic E-state index is 0.0953. The zero-order valence-electron chi connectivity index (χ0n) is 12.0. The van der Waals surface area contributed by atoms with E-state index < -0.39 is 0 Å². The Kier molecular flexibility index (Phi) is 5.05. The second-order valence-corrected chi connectivity index (χ2v) is 6.10. The van der Waals surface area contributed by atoms with Crippen molar-refractivity contribution >= 4 is 27.5 Å². The number of halogens is 1. The van der Waals surface area contributed by atoms with E-state index in [9.17, 15) is 4.79 Å². The molecule has 1 fully saturated rings. The average Bonchev–Trinajstić information content (AvgIpc) is 2.48. The summed E-state index contributed by atoms with van der Waals surface area (Å²) in [6.07, 6.45) is 2.62. The molecule has 0 aromatic heterocycles. The highest BCUT2D eigenvalue weighted by molar-refractivity contribution is 9.10. The molecule has 4 nitrogen and oxygen atoms in total. The van der Waals surface area contributed by atoms with Crippen LogP contribution in [0, 0.1) is 5.41 Å². The summed E-state index contributed by atoms with van der Waals surface area (Å²) < 4.78 is 6.23. The van der Waals surface area contributed by atoms with Crippen LogP contribution in [0.15, 0.2) is 22.7 Å². The minimum atomic E-state index is -0.265. The molecule has 1 heterocycles. The highest BCUT2D eigenvalue weighted by atomic mass is 79.9. The molecular formula is C15H21BrN2O2. The molecule has 1 aromatic rings. The first-order chi connectivity index (χ1) is 9.61. The molecule has 20 heavy (non-hydrogen) atoms. The van der Waals surface area contributed by atoms with Gasteiger partial charge in [0.15, 0.2) is 0 Å². The quantitative estimate of drug-likeness (QED) is 0.884. The second-order valence-electron chi connectivity index (χ2n) is 5.18. The molecule has 5 heteroatoms. The summed E-state index contributed by atoms with van der Waals surface area (Å²) in [5.74, 6) is 0.777. The monoisotopic (exact) mass is 340 g/mol. The van der Waals surface area contributed by atoms with Gasteiger partial charge >= 0.3 is 0 Å². The summed E-state index contributed by atoms with van der Waals surface area (Å²) in [5.41, 5.74) is 0.455. The Morgan fingerprint density at radius 1 is 1.45 bits per heavy atom. The van der Waals surface area contributed by atoms with Crippen LogP contribution < -0.4 is 15.4 Å². The summed E-state index contributed by atoms with van der Waals surface area (Å²) in [6, 6.07) is 5.62. The van der Waals surface area contributed by atoms with Gasteiger partial charge in [-0.05, 0) is 50.6 Å². The van der Waals surface area contributed by atoms with Crippen molar-refractivity contribution in [2.24, 2.45) is 5.41 Å². The zero-order chi connectivity index (χ0) is 14.6. The Labute approximate surface area is 128 Å². The van der Waals surface area contributed by atoms with Gasteiger partial charge in [0.2, 0.25) is 5.91 Å². The number of ether oxygens (including phenoxy) is 1. The highest BCUT2D eigenvalue weighted by Crippen LogP contribution is 2.36. The van der Waals surface area contributed by atoms with E-state index in [2.05, 4.69) is 33.5 Å². The van der Waals surface area contributed by atoms with Crippen LogP contribution in [0.1, 0.15) is 26.2 Å². The summed E-state index contributed by atoms with van der Waals surface area (Å²) in [7, 11) is 1.61. The molecule has 0 radical (unpaired) electrons. The number of carbonyl (C=O) groups is 1. The molecule has 0 unspecified atom stereocenters. The molecule has 2 N–H and O–H groups in total. The Morgan fingerprint density at radius 3 is 2.75 bits per heavy atom. The number of hydrogen-bond acceptors (Lipinski definition) is 3. The maximum atomic E-state index is 12.7. The lowest BCUT2D eigenvalue weighted by atomic mass is 9.76. The lowest BCUT2D eigenvalue weighted by Gasteiger charge is -2.35. The number of methoxy groups -OCH3 is 1. The van der Waals surface area contributed by atoms with Crippen molar-refractivity contribution in [2.45, 2.75) is 26.2 Å². The summed E-state index contributed by atoms with van der Waals surface area (Å²) in [5, 5.41) is 6.35. The van der Waals surface area contributed by atoms with E-state index in [1.807, 2.05) is 18.2 Å². The number of rotatable bonds is 4. The highest BCUT2D eigenvalue weighted by Gasteiger charge is 2.37. The van der Waals surface area contributed by atoms with E-state index in [1.54, 1.807) is 7.11 Å². The summed E-state index contributed by atoms with van der Waals surface area (Å²) in [6.45, 7) is 3.89. The molecular weight excluding hydrogens is 320 g/mol. The van der Waals surface area contributed by atoms with Crippen molar-refractivity contribution in [3.63, 3.8) is 0 Å². The van der Waals surface area contributed by atoms with E-state index in [1.165, 1.54) is 0 Å². The van der Waals surface area contributed by atoms with Gasteiger partial charge in [-0.3, -0.25) is 4.79 Å². The maximum Gasteiger partial charge on any atom is 0.230 e. The van der Waals surface area contributed by atoms with E-state index in [0.717, 1.165) is 42.5 Å². The van der Waals surface area contributed by atoms with Crippen molar-refractivity contribution in [1.82, 2.24) is 5.32 Å². The number of amides is 1. The maximum absolute atomic E-state index is 12.7. The zero-order valence-corrected chi connectivity index (χ0v) is 13.5. The molecule has 110 valence electrons. The normalized spacial score (nSPS) is 17.6. The first-order valence-electron chi connectivity index (χ1n) is 6.97. The Morgan fingerprint density at radius 2 is 2.15 bits per heavy atom. The fraction of sp³-hybridized carbons (Fsp3) is 0.533. The molecule has 1 aromatic carbocycles. The van der Waals surface area contributed by atoms with Gasteiger partial charge < -0.3 is 15.4 Å². The molecule has 0 saturated carbocycles. The number of anilines is 1. The van der Waals surface area contributed by atoms with Crippen molar-refractivity contribution in [3.05, 3.63) is 22.7 Å². The van der Waals surface area contributed by atoms with Crippen LogP contribution in [-0.4, -0.2) is 26.1 Å². The standard InChI is InChI=1S/C15H21BrN2O2/c1-3-15(6-8-17-9-7-15)14(19)18-12-10-11(16)4-5-13(12)20-2/h4-5,10,17H,3,6-9H2,1-2H3,(H,18,19). The Balaban J connectivity index is 2.20. The fourth-order valence-electron chi connectivity index (χ4n) is 2.68. The predicted octanol–water partition coefficient (Wildman–Crippen LogP) is 3.18. The molecule has 1 amide bonds. The molecule has 0 bridgehead atoms. The number of carbonyl (C=O) groups excluding carboxylic acids is 1. The lowest BCUT2D eigenvalue weighted by Crippen LogP contribution is -2.44. The Hall–Kier alpha value is -1.07. The van der Waals surface area contributed by atoms with Gasteiger partial charge in [-0.1, -0.05) is 22.9 Å². The van der Waals surface area contributed by atoms with Gasteiger partial charge in [-0.2, -0.15) is 0 Å². The molecule has 0 atom stereocenters. The van der Waals surface area contributed by atoms with Crippen LogP contribution in [-0.2, 0) is 4.79 Å². The van der Waals surface area contributed by atoms with E-state index >= 15 is 0 Å². The smallest absolute Gasteiger partial charge is 0.230 e. The molecule has 0 spiro atoms. The topological polar surface area (TPSA) is 50.4 Å². The van der Waals surface area contributed by atoms with Gasteiger partial charge in [0.25, 0.3) is 0 Å². The number of benzene rings is 1. The molecule has 1 aliphatic rings. The van der Waals surface area contributed by atoms with Crippen LogP contribution in [0.4, 0.5) is 5.69 Å². The minimum Gasteiger partial charge on any atom is -0.495 e. The van der Waals surface area contributed by atoms with Crippen LogP contribution in [0.2, 0.25) is 0 Å². The largest absolute Gasteiger partial charge is 0.495 e. The van der Waals surface area contributed by atoms with Crippen molar-refractivity contribution in [2.75, 3.05) is 25.5 Å². The number of nitrogens with one attached hydrogen (secondary N) is 2. The average molecular weight is 341 g/mol. The third kappa shape index (κ3) is 3.15. The SMILES string of the molecule is CCC1(C(=O)Nc2cc(Br)ccc2OC)CCNCC1. The van der Waals surface area contributed by atoms with Gasteiger partial charge in [-0.15, -0.1) is 0 Å². The number of piperidine rings is 1. The van der Waals surface area contributed by atoms with Crippen LogP contribution in [0.3, 0.4) is 0 Å². The van der Waals surface area contributed by atoms with E-state index in [4.69, 9.17) is 4.74 Å². The van der Waals surface area contributed by atoms with Crippen molar-refractivity contribution in [1.29, 1.82) is 0 Å². The molecule has 1 saturated heterocycles. The van der Waals surface area contributed by atoms with E-state index in [0.29, 0.717) is 5.75 Å². The molecule has 2 rings (SSSR count). The summed E-state index contributed by atoms with van der Waals surface area (Å²) in [4.78, 5) is 12.7.